The first-order valence-electron chi connectivity index (χ1n) is 14.6. The van der Waals surface area contributed by atoms with Crippen molar-refractivity contribution in [2.75, 3.05) is 36.0 Å². The highest BCUT2D eigenvalue weighted by Gasteiger charge is 2.34. The van der Waals surface area contributed by atoms with Gasteiger partial charge in [0, 0.05) is 50.5 Å². The summed E-state index contributed by atoms with van der Waals surface area (Å²) >= 11 is 0. The molecule has 1 saturated carbocycles. The van der Waals surface area contributed by atoms with Crippen LogP contribution in [0.1, 0.15) is 54.6 Å². The number of carboxylic acids is 1. The van der Waals surface area contributed by atoms with Crippen LogP contribution < -0.4 is 20.5 Å². The summed E-state index contributed by atoms with van der Waals surface area (Å²) in [5.74, 6) is 2.47. The number of hydrogen-bond donors (Lipinski definition) is 3. The SMILES string of the molecule is CC(=O)NC[C@H]1CN(c2ccc(C#CC3(O)CCN(c4cc5c(cc4F)c(=O)c(C(=O)O)cn5C4CC4)CC3)c(F)c2)C(=O)O1. The lowest BCUT2D eigenvalue weighted by Crippen LogP contribution is -2.44. The predicted octanol–water partition coefficient (Wildman–Crippen LogP) is 3.16. The van der Waals surface area contributed by atoms with Gasteiger partial charge in [0.25, 0.3) is 0 Å². The molecule has 1 aliphatic carbocycles. The molecule has 1 aromatic heterocycles. The smallest absolute Gasteiger partial charge is 0.414 e. The number of halogens is 2. The topological polar surface area (TPSA) is 141 Å². The van der Waals surface area contributed by atoms with Crippen LogP contribution >= 0.6 is 0 Å². The number of cyclic esters (lactones) is 1. The summed E-state index contributed by atoms with van der Waals surface area (Å²) in [6.07, 6.45) is 2.03. The number of nitrogens with one attached hydrogen (secondary N) is 1. The summed E-state index contributed by atoms with van der Waals surface area (Å²) in [6.45, 7) is 2.09. The van der Waals surface area contributed by atoms with Gasteiger partial charge >= 0.3 is 12.1 Å². The third kappa shape index (κ3) is 6.06. The number of piperidine rings is 1. The molecule has 0 spiro atoms. The van der Waals surface area contributed by atoms with Crippen LogP contribution in [0, 0.1) is 23.5 Å². The standard InChI is InChI=1S/C32H30F2N4O7/c1-18(39)35-15-22-16-38(31(43)45-22)21-3-2-19(25(33)12-21)6-7-32(44)8-10-36(11-9-32)28-14-27-23(13-26(28)34)29(40)24(30(41)42)17-37(27)20-4-5-20/h2-3,12-14,17,20,22,44H,4-5,8-11,15-16H2,1H3,(H,35,39)(H,41,42)/t22-/m0/s1. The van der Waals surface area contributed by atoms with E-state index in [2.05, 4.69) is 17.2 Å². The van der Waals surface area contributed by atoms with Crippen LogP contribution in [0.25, 0.3) is 10.9 Å². The van der Waals surface area contributed by atoms with Gasteiger partial charge in [-0.2, -0.15) is 0 Å². The summed E-state index contributed by atoms with van der Waals surface area (Å²) in [4.78, 5) is 50.8. The number of hydrogen-bond acceptors (Lipinski definition) is 7. The lowest BCUT2D eigenvalue weighted by molar-refractivity contribution is -0.119. The Kier molecular flexibility index (Phi) is 7.70. The number of nitrogens with zero attached hydrogens (tertiary/aromatic N) is 3. The molecule has 1 atom stereocenters. The Labute approximate surface area is 256 Å². The Morgan fingerprint density at radius 2 is 1.84 bits per heavy atom. The van der Waals surface area contributed by atoms with E-state index in [0.29, 0.717) is 5.52 Å². The molecule has 3 N–H and O–H groups in total. The van der Waals surface area contributed by atoms with Crippen LogP contribution in [0.3, 0.4) is 0 Å². The van der Waals surface area contributed by atoms with Crippen molar-refractivity contribution in [2.24, 2.45) is 0 Å². The number of carbonyl (C=O) groups excluding carboxylic acids is 2. The molecular formula is C32H30F2N4O7. The second-order valence-electron chi connectivity index (χ2n) is 11.6. The molecule has 3 aliphatic rings. The van der Waals surface area contributed by atoms with Crippen LogP contribution in [0.15, 0.2) is 41.3 Å². The molecule has 3 heterocycles. The molecule has 11 nitrogen and oxygen atoms in total. The Hall–Kier alpha value is -4.96. The minimum Gasteiger partial charge on any atom is -0.477 e. The van der Waals surface area contributed by atoms with Crippen molar-refractivity contribution in [3.05, 3.63) is 69.5 Å². The lowest BCUT2D eigenvalue weighted by Gasteiger charge is -2.36. The first-order chi connectivity index (χ1) is 21.4. The normalized spacial score (nSPS) is 19.2. The Morgan fingerprint density at radius 3 is 2.49 bits per heavy atom. The van der Waals surface area contributed by atoms with Gasteiger partial charge < -0.3 is 29.7 Å². The third-order valence-corrected chi connectivity index (χ3v) is 8.35. The van der Waals surface area contributed by atoms with Crippen molar-refractivity contribution in [1.29, 1.82) is 0 Å². The molecule has 6 rings (SSSR count). The zero-order valence-corrected chi connectivity index (χ0v) is 24.3. The van der Waals surface area contributed by atoms with Crippen LogP contribution in [-0.2, 0) is 9.53 Å². The summed E-state index contributed by atoms with van der Waals surface area (Å²) < 4.78 is 37.2. The zero-order valence-electron chi connectivity index (χ0n) is 24.3. The molecule has 3 fully saturated rings. The number of aromatic nitrogens is 1. The molecule has 0 radical (unpaired) electrons. The van der Waals surface area contributed by atoms with Gasteiger partial charge in [-0.1, -0.05) is 11.8 Å². The monoisotopic (exact) mass is 620 g/mol. The quantitative estimate of drug-likeness (QED) is 0.357. The van der Waals surface area contributed by atoms with E-state index in [1.807, 2.05) is 0 Å². The minimum atomic E-state index is -1.46. The number of rotatable bonds is 6. The summed E-state index contributed by atoms with van der Waals surface area (Å²) in [5, 5.41) is 23.2. The second-order valence-corrected chi connectivity index (χ2v) is 11.6. The summed E-state index contributed by atoms with van der Waals surface area (Å²) in [5.41, 5.74) is -1.63. The van der Waals surface area contributed by atoms with Crippen molar-refractivity contribution in [2.45, 2.75) is 50.4 Å². The van der Waals surface area contributed by atoms with Gasteiger partial charge in [0.1, 0.15) is 28.9 Å². The first-order valence-corrected chi connectivity index (χ1v) is 14.6. The zero-order chi connectivity index (χ0) is 32.0. The van der Waals surface area contributed by atoms with Crippen LogP contribution in [0.2, 0.25) is 0 Å². The number of anilines is 2. The number of pyridine rings is 1. The molecule has 2 amide bonds. The Bertz CT molecular complexity index is 1850. The molecule has 2 aromatic carbocycles. The van der Waals surface area contributed by atoms with Gasteiger partial charge in [-0.3, -0.25) is 14.5 Å². The fourth-order valence-corrected chi connectivity index (χ4v) is 5.70. The van der Waals surface area contributed by atoms with E-state index < -0.39 is 46.4 Å². The van der Waals surface area contributed by atoms with Gasteiger partial charge in [-0.15, -0.1) is 0 Å². The second kappa shape index (κ2) is 11.5. The Balaban J connectivity index is 1.16. The summed E-state index contributed by atoms with van der Waals surface area (Å²) in [6, 6.07) is 6.76. The maximum absolute atomic E-state index is 15.3. The van der Waals surface area contributed by atoms with Crippen molar-refractivity contribution < 1.29 is 38.1 Å². The highest BCUT2D eigenvalue weighted by Crippen LogP contribution is 2.38. The average molecular weight is 621 g/mol. The number of benzene rings is 2. The van der Waals surface area contributed by atoms with Gasteiger partial charge in [-0.25, -0.2) is 18.4 Å². The molecule has 234 valence electrons. The number of fused-ring (bicyclic) bond motifs is 1. The third-order valence-electron chi connectivity index (χ3n) is 8.35. The molecule has 0 bridgehead atoms. The molecule has 45 heavy (non-hydrogen) atoms. The van der Waals surface area contributed by atoms with Gasteiger partial charge in [-0.05, 0) is 43.2 Å². The van der Waals surface area contributed by atoms with E-state index in [4.69, 9.17) is 4.74 Å². The van der Waals surface area contributed by atoms with E-state index in [1.165, 1.54) is 30.2 Å². The molecule has 2 saturated heterocycles. The Morgan fingerprint density at radius 1 is 1.11 bits per heavy atom. The number of ether oxygens (including phenoxy) is 1. The van der Waals surface area contributed by atoms with Gasteiger partial charge in [0.05, 0.1) is 35.5 Å². The number of aromatic carboxylic acids is 1. The van der Waals surface area contributed by atoms with Crippen LogP contribution in [0.5, 0.6) is 0 Å². The maximum Gasteiger partial charge on any atom is 0.414 e. The highest BCUT2D eigenvalue weighted by atomic mass is 19.1. The fourth-order valence-electron chi connectivity index (χ4n) is 5.70. The molecule has 3 aromatic rings. The number of carbonyl (C=O) groups is 3. The molecule has 2 aliphatic heterocycles. The molecule has 0 unspecified atom stereocenters. The summed E-state index contributed by atoms with van der Waals surface area (Å²) in [7, 11) is 0. The van der Waals surface area contributed by atoms with Crippen molar-refractivity contribution in [3.63, 3.8) is 0 Å². The average Bonchev–Trinajstić information content (AvgIpc) is 3.77. The number of amides is 2. The molecular weight excluding hydrogens is 590 g/mol. The predicted molar refractivity (Wildman–Crippen MR) is 159 cm³/mol. The number of aliphatic hydroxyl groups is 1. The van der Waals surface area contributed by atoms with E-state index >= 15 is 4.39 Å². The van der Waals surface area contributed by atoms with Crippen molar-refractivity contribution in [3.8, 4) is 11.8 Å². The maximum atomic E-state index is 15.3. The van der Waals surface area contributed by atoms with Crippen LogP contribution in [0.4, 0.5) is 25.0 Å². The van der Waals surface area contributed by atoms with E-state index in [1.54, 1.807) is 15.5 Å². The minimum absolute atomic E-state index is 0.00177. The fraction of sp³-hybridized carbons (Fsp3) is 0.375. The first kappa shape index (κ1) is 30.1. The van der Waals surface area contributed by atoms with E-state index in [0.717, 1.165) is 25.0 Å². The van der Waals surface area contributed by atoms with Crippen molar-refractivity contribution in [1.82, 2.24) is 9.88 Å². The number of carboxylic acid groups (broad SMARTS) is 1. The van der Waals surface area contributed by atoms with Gasteiger partial charge in [0.15, 0.2) is 0 Å². The van der Waals surface area contributed by atoms with E-state index in [-0.39, 0.29) is 73.3 Å². The van der Waals surface area contributed by atoms with Crippen LogP contribution in [-0.4, -0.2) is 70.6 Å². The largest absolute Gasteiger partial charge is 0.477 e. The van der Waals surface area contributed by atoms with E-state index in [9.17, 15) is 33.8 Å². The highest BCUT2D eigenvalue weighted by molar-refractivity contribution is 5.94. The van der Waals surface area contributed by atoms with Crippen molar-refractivity contribution >= 4 is 40.2 Å². The lowest BCUT2D eigenvalue weighted by atomic mass is 9.91. The van der Waals surface area contributed by atoms with Gasteiger partial charge in [0.2, 0.25) is 11.3 Å². The molecule has 13 heteroatoms.